The van der Waals surface area contributed by atoms with E-state index in [-0.39, 0.29) is 0 Å². The summed E-state index contributed by atoms with van der Waals surface area (Å²) in [7, 11) is 0. The van der Waals surface area contributed by atoms with Crippen LogP contribution in [-0.4, -0.2) is 17.0 Å². The zero-order valence-electron chi connectivity index (χ0n) is 7.81. The number of primary amides is 1. The van der Waals surface area contributed by atoms with Gasteiger partial charge in [-0.15, -0.1) is 0 Å². The van der Waals surface area contributed by atoms with Crippen molar-refractivity contribution in [1.29, 1.82) is 0 Å². The second kappa shape index (κ2) is 2.95. The van der Waals surface area contributed by atoms with Crippen molar-refractivity contribution in [2.75, 3.05) is 0 Å². The summed E-state index contributed by atoms with van der Waals surface area (Å²) in [5, 5.41) is 9.13. The lowest BCUT2D eigenvalue weighted by atomic mass is 9.82. The zero-order valence-corrected chi connectivity index (χ0v) is 7.81. The second-order valence-corrected chi connectivity index (χ2v) is 3.40. The van der Waals surface area contributed by atoms with Crippen LogP contribution in [0.3, 0.4) is 0 Å². The number of hydrogen-bond donors (Lipinski definition) is 2. The predicted molar refractivity (Wildman–Crippen MR) is 54.0 cm³/mol. The molecular weight excluding hydrogens is 194 g/mol. The summed E-state index contributed by atoms with van der Waals surface area (Å²) < 4.78 is 0. The highest BCUT2D eigenvalue weighted by molar-refractivity contribution is 6.12. The molecule has 1 aromatic carbocycles. The van der Waals surface area contributed by atoms with E-state index in [1.54, 1.807) is 30.3 Å². The van der Waals surface area contributed by atoms with Gasteiger partial charge in [0.15, 0.2) is 5.41 Å². The molecule has 0 aromatic heterocycles. The molecule has 15 heavy (non-hydrogen) atoms. The highest BCUT2D eigenvalue weighted by atomic mass is 16.4. The topological polar surface area (TPSA) is 80.4 Å². The van der Waals surface area contributed by atoms with Gasteiger partial charge in [-0.3, -0.25) is 9.59 Å². The first-order valence-electron chi connectivity index (χ1n) is 4.41. The van der Waals surface area contributed by atoms with Crippen molar-refractivity contribution in [3.8, 4) is 0 Å². The standard InChI is InChI=1S/C11H9NO3/c12-9(13)11(10(14)15)6-5-7-3-1-2-4-8(7)11/h1-6H,(H2,12,13)(H,14,15). The first-order valence-corrected chi connectivity index (χ1v) is 4.41. The van der Waals surface area contributed by atoms with Gasteiger partial charge in [0.2, 0.25) is 5.91 Å². The Morgan fingerprint density at radius 1 is 1.27 bits per heavy atom. The number of carboxylic acids is 1. The van der Waals surface area contributed by atoms with E-state index >= 15 is 0 Å². The molecule has 3 N–H and O–H groups in total. The first kappa shape index (κ1) is 9.45. The largest absolute Gasteiger partial charge is 0.480 e. The Kier molecular flexibility index (Phi) is 1.86. The lowest BCUT2D eigenvalue weighted by Crippen LogP contribution is -2.45. The van der Waals surface area contributed by atoms with Crippen LogP contribution >= 0.6 is 0 Å². The molecule has 1 unspecified atom stereocenters. The van der Waals surface area contributed by atoms with Crippen molar-refractivity contribution >= 4 is 18.0 Å². The summed E-state index contributed by atoms with van der Waals surface area (Å²) in [6.07, 6.45) is 2.94. The van der Waals surface area contributed by atoms with Crippen LogP contribution in [0.4, 0.5) is 0 Å². The average Bonchev–Trinajstić information content (AvgIpc) is 2.57. The molecule has 1 atom stereocenters. The van der Waals surface area contributed by atoms with Gasteiger partial charge in [-0.1, -0.05) is 36.4 Å². The Hall–Kier alpha value is -2.10. The highest BCUT2D eigenvalue weighted by Crippen LogP contribution is 2.35. The molecule has 0 heterocycles. The molecule has 1 amide bonds. The third kappa shape index (κ3) is 1.08. The molecule has 0 aliphatic heterocycles. The molecule has 4 heteroatoms. The minimum atomic E-state index is -1.70. The quantitative estimate of drug-likeness (QED) is 0.687. The fourth-order valence-corrected chi connectivity index (χ4v) is 1.81. The number of carboxylic acid groups (broad SMARTS) is 1. The van der Waals surface area contributed by atoms with Gasteiger partial charge in [0.1, 0.15) is 0 Å². The van der Waals surface area contributed by atoms with Crippen LogP contribution in [0.15, 0.2) is 30.3 Å². The van der Waals surface area contributed by atoms with Crippen LogP contribution in [0.1, 0.15) is 11.1 Å². The van der Waals surface area contributed by atoms with Crippen molar-refractivity contribution in [3.05, 3.63) is 41.5 Å². The van der Waals surface area contributed by atoms with Crippen LogP contribution in [-0.2, 0) is 15.0 Å². The Morgan fingerprint density at radius 3 is 2.53 bits per heavy atom. The molecule has 1 aromatic rings. The highest BCUT2D eigenvalue weighted by Gasteiger charge is 2.47. The minimum Gasteiger partial charge on any atom is -0.480 e. The van der Waals surface area contributed by atoms with Gasteiger partial charge in [0.05, 0.1) is 0 Å². The minimum absolute atomic E-state index is 0.435. The summed E-state index contributed by atoms with van der Waals surface area (Å²) in [4.78, 5) is 22.5. The first-order chi connectivity index (χ1) is 7.09. The van der Waals surface area contributed by atoms with Gasteiger partial charge in [0, 0.05) is 0 Å². The number of amides is 1. The third-order valence-electron chi connectivity index (χ3n) is 2.62. The molecule has 1 aliphatic carbocycles. The fourth-order valence-electron chi connectivity index (χ4n) is 1.81. The van der Waals surface area contributed by atoms with E-state index in [9.17, 15) is 9.59 Å². The number of benzene rings is 1. The number of fused-ring (bicyclic) bond motifs is 1. The number of rotatable bonds is 2. The molecule has 0 saturated heterocycles. The molecule has 2 rings (SSSR count). The number of aliphatic carboxylic acids is 1. The van der Waals surface area contributed by atoms with Crippen LogP contribution in [0.5, 0.6) is 0 Å². The molecule has 0 fully saturated rings. The maximum absolute atomic E-state index is 11.3. The van der Waals surface area contributed by atoms with E-state index in [2.05, 4.69) is 0 Å². The second-order valence-electron chi connectivity index (χ2n) is 3.40. The van der Waals surface area contributed by atoms with Crippen LogP contribution in [0.2, 0.25) is 0 Å². The monoisotopic (exact) mass is 203 g/mol. The van der Waals surface area contributed by atoms with Crippen molar-refractivity contribution in [1.82, 2.24) is 0 Å². The SMILES string of the molecule is NC(=O)C1(C(=O)O)C=Cc2ccccc21. The van der Waals surface area contributed by atoms with Crippen molar-refractivity contribution < 1.29 is 14.7 Å². The summed E-state index contributed by atoms with van der Waals surface area (Å²) in [5.41, 5.74) is 4.64. The maximum atomic E-state index is 11.3. The van der Waals surface area contributed by atoms with Gasteiger partial charge in [0.25, 0.3) is 0 Å². The van der Waals surface area contributed by atoms with E-state index in [1.165, 1.54) is 6.08 Å². The van der Waals surface area contributed by atoms with Crippen LogP contribution < -0.4 is 5.73 Å². The van der Waals surface area contributed by atoms with E-state index in [0.29, 0.717) is 5.56 Å². The lowest BCUT2D eigenvalue weighted by Gasteiger charge is -2.19. The molecule has 4 nitrogen and oxygen atoms in total. The van der Waals surface area contributed by atoms with Crippen molar-refractivity contribution in [3.63, 3.8) is 0 Å². The summed E-state index contributed by atoms with van der Waals surface area (Å²) >= 11 is 0. The van der Waals surface area contributed by atoms with E-state index in [1.807, 2.05) is 0 Å². The average molecular weight is 203 g/mol. The van der Waals surface area contributed by atoms with Gasteiger partial charge >= 0.3 is 5.97 Å². The lowest BCUT2D eigenvalue weighted by molar-refractivity contribution is -0.146. The van der Waals surface area contributed by atoms with Crippen molar-refractivity contribution in [2.45, 2.75) is 5.41 Å². The summed E-state index contributed by atoms with van der Waals surface area (Å²) in [6, 6.07) is 6.82. The predicted octanol–water partition coefficient (Wildman–Crippen LogP) is 0.521. The molecule has 0 spiro atoms. The maximum Gasteiger partial charge on any atom is 0.327 e. The normalized spacial score (nSPS) is 22.4. The molecule has 76 valence electrons. The number of hydrogen-bond acceptors (Lipinski definition) is 2. The van der Waals surface area contributed by atoms with Gasteiger partial charge < -0.3 is 10.8 Å². The Bertz CT molecular complexity index is 462. The molecule has 0 saturated carbocycles. The van der Waals surface area contributed by atoms with E-state index in [0.717, 1.165) is 5.56 Å². The zero-order chi connectivity index (χ0) is 11.1. The number of nitrogens with two attached hydrogens (primary N) is 1. The van der Waals surface area contributed by atoms with Crippen LogP contribution in [0, 0.1) is 0 Å². The smallest absolute Gasteiger partial charge is 0.327 e. The van der Waals surface area contributed by atoms with E-state index < -0.39 is 17.3 Å². The Balaban J connectivity index is 2.70. The Morgan fingerprint density at radius 2 is 1.93 bits per heavy atom. The van der Waals surface area contributed by atoms with Crippen molar-refractivity contribution in [2.24, 2.45) is 5.73 Å². The Labute approximate surface area is 86.0 Å². The number of carbonyl (C=O) groups excluding carboxylic acids is 1. The summed E-state index contributed by atoms with van der Waals surface area (Å²) in [6.45, 7) is 0. The van der Waals surface area contributed by atoms with Gasteiger partial charge in [-0.05, 0) is 11.1 Å². The molecule has 1 aliphatic rings. The third-order valence-corrected chi connectivity index (χ3v) is 2.62. The van der Waals surface area contributed by atoms with Gasteiger partial charge in [-0.2, -0.15) is 0 Å². The van der Waals surface area contributed by atoms with Gasteiger partial charge in [-0.25, -0.2) is 0 Å². The van der Waals surface area contributed by atoms with Crippen LogP contribution in [0.25, 0.3) is 6.08 Å². The molecule has 0 radical (unpaired) electrons. The summed E-state index contributed by atoms with van der Waals surface area (Å²) in [5.74, 6) is -2.10. The molecular formula is C11H9NO3. The van der Waals surface area contributed by atoms with E-state index in [4.69, 9.17) is 10.8 Å². The number of carbonyl (C=O) groups is 2. The molecule has 0 bridgehead atoms. The fraction of sp³-hybridized carbons (Fsp3) is 0.0909.